The van der Waals surface area contributed by atoms with Crippen LogP contribution in [-0.2, 0) is 10.0 Å². The fourth-order valence-electron chi connectivity index (χ4n) is 1.75. The number of nitrogens with two attached hydrogens (primary N) is 1. The summed E-state index contributed by atoms with van der Waals surface area (Å²) in [6.45, 7) is 5.85. The van der Waals surface area contributed by atoms with Gasteiger partial charge in [0.15, 0.2) is 5.82 Å². The number of sulfonamides is 1. The van der Waals surface area contributed by atoms with Crippen LogP contribution in [0.2, 0.25) is 5.02 Å². The standard InChI is InChI=1S/C13H20ClFN2O2S/c1-8(2)4-5-9(3)17-20(18,19)12-7-10(14)6-11(16)13(12)15/h6-9,17H,4-5,16H2,1-3H3. The Morgan fingerprint density at radius 2 is 1.90 bits per heavy atom. The highest BCUT2D eigenvalue weighted by Crippen LogP contribution is 2.25. The number of nitrogens with one attached hydrogen (secondary N) is 1. The number of hydrogen-bond acceptors (Lipinski definition) is 3. The average molecular weight is 323 g/mol. The van der Waals surface area contributed by atoms with Crippen LogP contribution in [0, 0.1) is 11.7 Å². The topological polar surface area (TPSA) is 72.2 Å². The van der Waals surface area contributed by atoms with Gasteiger partial charge in [-0.15, -0.1) is 0 Å². The van der Waals surface area contributed by atoms with Crippen LogP contribution in [0.3, 0.4) is 0 Å². The lowest BCUT2D eigenvalue weighted by Gasteiger charge is -2.16. The Labute approximate surface area is 124 Å². The number of halogens is 2. The molecule has 4 nitrogen and oxygen atoms in total. The van der Waals surface area contributed by atoms with Gasteiger partial charge in [0.05, 0.1) is 5.69 Å². The van der Waals surface area contributed by atoms with E-state index in [4.69, 9.17) is 17.3 Å². The van der Waals surface area contributed by atoms with Crippen LogP contribution in [0.15, 0.2) is 17.0 Å². The maximum Gasteiger partial charge on any atom is 0.243 e. The fraction of sp³-hybridized carbons (Fsp3) is 0.538. The Balaban J connectivity index is 2.94. The lowest BCUT2D eigenvalue weighted by atomic mass is 10.1. The van der Waals surface area contributed by atoms with Crippen LogP contribution in [0.1, 0.15) is 33.6 Å². The summed E-state index contributed by atoms with van der Waals surface area (Å²) in [5.41, 5.74) is 5.11. The van der Waals surface area contributed by atoms with Gasteiger partial charge < -0.3 is 5.73 Å². The summed E-state index contributed by atoms with van der Waals surface area (Å²) in [4.78, 5) is -0.515. The minimum absolute atomic E-state index is 0.0825. The molecule has 0 saturated heterocycles. The highest BCUT2D eigenvalue weighted by Gasteiger charge is 2.23. The van der Waals surface area contributed by atoms with Crippen molar-refractivity contribution in [3.63, 3.8) is 0 Å². The first kappa shape index (κ1) is 17.2. The van der Waals surface area contributed by atoms with Gasteiger partial charge in [0, 0.05) is 11.1 Å². The molecule has 0 aliphatic rings. The first-order valence-electron chi connectivity index (χ1n) is 6.40. The van der Waals surface area contributed by atoms with Gasteiger partial charge in [-0.2, -0.15) is 0 Å². The summed E-state index contributed by atoms with van der Waals surface area (Å²) >= 11 is 5.73. The molecule has 0 heterocycles. The van der Waals surface area contributed by atoms with Gasteiger partial charge in [-0.1, -0.05) is 25.4 Å². The quantitative estimate of drug-likeness (QED) is 0.790. The van der Waals surface area contributed by atoms with Gasteiger partial charge in [0.2, 0.25) is 10.0 Å². The predicted molar refractivity (Wildman–Crippen MR) is 79.7 cm³/mol. The summed E-state index contributed by atoms with van der Waals surface area (Å²) in [5, 5.41) is 0.0825. The van der Waals surface area contributed by atoms with E-state index in [9.17, 15) is 12.8 Å². The van der Waals surface area contributed by atoms with E-state index in [1.54, 1.807) is 6.92 Å². The molecule has 1 atom stereocenters. The summed E-state index contributed by atoms with van der Waals surface area (Å²) < 4.78 is 40.6. The van der Waals surface area contributed by atoms with Crippen molar-refractivity contribution in [2.24, 2.45) is 5.92 Å². The molecule has 1 aromatic carbocycles. The molecule has 3 N–H and O–H groups in total. The zero-order valence-electron chi connectivity index (χ0n) is 11.8. The lowest BCUT2D eigenvalue weighted by molar-refractivity contribution is 0.483. The van der Waals surface area contributed by atoms with Crippen molar-refractivity contribution in [2.45, 2.75) is 44.6 Å². The average Bonchev–Trinajstić information content (AvgIpc) is 2.30. The molecule has 0 radical (unpaired) electrons. The van der Waals surface area contributed by atoms with Crippen LogP contribution in [0.25, 0.3) is 0 Å². The van der Waals surface area contributed by atoms with Crippen molar-refractivity contribution >= 4 is 27.3 Å². The second kappa shape index (κ2) is 6.74. The SMILES string of the molecule is CC(C)CCC(C)NS(=O)(=O)c1cc(Cl)cc(N)c1F. The molecule has 1 rings (SSSR count). The largest absolute Gasteiger partial charge is 0.396 e. The summed E-state index contributed by atoms with van der Waals surface area (Å²) in [7, 11) is -3.97. The molecule has 20 heavy (non-hydrogen) atoms. The minimum atomic E-state index is -3.97. The van der Waals surface area contributed by atoms with Crippen molar-refractivity contribution in [1.82, 2.24) is 4.72 Å². The monoisotopic (exact) mass is 322 g/mol. The predicted octanol–water partition coefficient (Wildman–Crippen LogP) is 3.16. The third kappa shape index (κ3) is 4.61. The smallest absolute Gasteiger partial charge is 0.243 e. The van der Waals surface area contributed by atoms with Crippen molar-refractivity contribution in [2.75, 3.05) is 5.73 Å². The van der Waals surface area contributed by atoms with Gasteiger partial charge >= 0.3 is 0 Å². The van der Waals surface area contributed by atoms with Crippen molar-refractivity contribution in [3.8, 4) is 0 Å². The lowest BCUT2D eigenvalue weighted by Crippen LogP contribution is -2.33. The molecule has 0 spiro atoms. The Hall–Kier alpha value is -0.850. The van der Waals surface area contributed by atoms with E-state index < -0.39 is 20.7 Å². The van der Waals surface area contributed by atoms with E-state index in [0.29, 0.717) is 12.3 Å². The van der Waals surface area contributed by atoms with Gasteiger partial charge in [0.25, 0.3) is 0 Å². The molecule has 0 aliphatic carbocycles. The molecule has 0 aliphatic heterocycles. The molecule has 0 amide bonds. The Morgan fingerprint density at radius 1 is 1.30 bits per heavy atom. The van der Waals surface area contributed by atoms with E-state index in [2.05, 4.69) is 18.6 Å². The first-order chi connectivity index (χ1) is 9.13. The maximum atomic E-state index is 13.8. The number of hydrogen-bond donors (Lipinski definition) is 2. The highest BCUT2D eigenvalue weighted by atomic mass is 35.5. The third-order valence-electron chi connectivity index (χ3n) is 2.86. The van der Waals surface area contributed by atoms with Crippen LogP contribution < -0.4 is 10.5 Å². The van der Waals surface area contributed by atoms with E-state index in [-0.39, 0.29) is 16.8 Å². The Morgan fingerprint density at radius 3 is 2.45 bits per heavy atom. The van der Waals surface area contributed by atoms with E-state index in [0.717, 1.165) is 12.5 Å². The van der Waals surface area contributed by atoms with Gasteiger partial charge in [-0.05, 0) is 37.8 Å². The molecular formula is C13H20ClFN2O2S. The van der Waals surface area contributed by atoms with Gasteiger partial charge in [-0.25, -0.2) is 17.5 Å². The number of anilines is 1. The van der Waals surface area contributed by atoms with Gasteiger partial charge in [-0.3, -0.25) is 0 Å². The van der Waals surface area contributed by atoms with Gasteiger partial charge in [0.1, 0.15) is 4.90 Å². The van der Waals surface area contributed by atoms with Crippen LogP contribution in [-0.4, -0.2) is 14.5 Å². The molecule has 1 unspecified atom stereocenters. The van der Waals surface area contributed by atoms with E-state index in [1.165, 1.54) is 6.07 Å². The zero-order chi connectivity index (χ0) is 15.5. The highest BCUT2D eigenvalue weighted by molar-refractivity contribution is 7.89. The van der Waals surface area contributed by atoms with Crippen LogP contribution in [0.4, 0.5) is 10.1 Å². The van der Waals surface area contributed by atoms with Crippen molar-refractivity contribution in [3.05, 3.63) is 23.0 Å². The Kier molecular flexibility index (Phi) is 5.79. The molecule has 0 aromatic heterocycles. The first-order valence-corrected chi connectivity index (χ1v) is 8.26. The second-order valence-corrected chi connectivity index (χ2v) is 7.42. The molecule has 1 aromatic rings. The number of benzene rings is 1. The molecule has 0 saturated carbocycles. The third-order valence-corrected chi connectivity index (χ3v) is 4.66. The van der Waals surface area contributed by atoms with Crippen LogP contribution >= 0.6 is 11.6 Å². The molecular weight excluding hydrogens is 303 g/mol. The molecule has 114 valence electrons. The maximum absolute atomic E-state index is 13.8. The molecule has 7 heteroatoms. The number of rotatable bonds is 6. The normalized spacial score (nSPS) is 13.7. The van der Waals surface area contributed by atoms with E-state index in [1.807, 2.05) is 0 Å². The second-order valence-electron chi connectivity index (χ2n) is 5.30. The zero-order valence-corrected chi connectivity index (χ0v) is 13.4. The fourth-order valence-corrected chi connectivity index (χ4v) is 3.45. The Bertz CT molecular complexity index is 576. The molecule has 0 fully saturated rings. The van der Waals surface area contributed by atoms with E-state index >= 15 is 0 Å². The van der Waals surface area contributed by atoms with Crippen molar-refractivity contribution < 1.29 is 12.8 Å². The minimum Gasteiger partial charge on any atom is -0.396 e. The summed E-state index contributed by atoms with van der Waals surface area (Å²) in [6, 6.07) is 1.95. The van der Waals surface area contributed by atoms with Crippen molar-refractivity contribution in [1.29, 1.82) is 0 Å². The number of nitrogen functional groups attached to an aromatic ring is 1. The molecule has 0 bridgehead atoms. The summed E-state index contributed by atoms with van der Waals surface area (Å²) in [6.07, 6.45) is 1.55. The van der Waals surface area contributed by atoms with Crippen LogP contribution in [0.5, 0.6) is 0 Å². The summed E-state index contributed by atoms with van der Waals surface area (Å²) in [5.74, 6) is -0.501.